The van der Waals surface area contributed by atoms with Gasteiger partial charge in [0, 0.05) is 5.69 Å². The quantitative estimate of drug-likeness (QED) is 0.523. The Balaban J connectivity index is 0. The number of carbonyl (C=O) groups excluding carboxylic acids is 2. The maximum atomic E-state index is 11.0. The topological polar surface area (TPSA) is 70.0 Å². The molecule has 2 N–H and O–H groups in total. The zero-order chi connectivity index (χ0) is 15.7. The van der Waals surface area contributed by atoms with E-state index in [0.29, 0.717) is 5.56 Å². The summed E-state index contributed by atoms with van der Waals surface area (Å²) in [6.45, 7) is 3.65. The molecule has 0 aliphatic carbocycles. The van der Waals surface area contributed by atoms with Crippen LogP contribution >= 0.6 is 0 Å². The second-order valence-electron chi connectivity index (χ2n) is 4.43. The first-order chi connectivity index (χ1) is 10.1. The average molecular weight is 304 g/mol. The third-order valence-corrected chi connectivity index (χ3v) is 2.77. The van der Waals surface area contributed by atoms with Crippen LogP contribution in [0.3, 0.4) is 0 Å². The van der Waals surface area contributed by atoms with Crippen LogP contribution in [0.15, 0.2) is 42.5 Å². The first-order valence-electron chi connectivity index (χ1n) is 6.51. The SMILES string of the molecule is Cc1cccc(C)c1NC(=O)C[NH-].O=Cc1[c-]cccc1.[CH3-].[Li+]. The van der Waals surface area contributed by atoms with Gasteiger partial charge in [-0.15, -0.1) is 35.9 Å². The summed E-state index contributed by atoms with van der Waals surface area (Å²) < 4.78 is 0. The molecule has 1 amide bonds. The predicted octanol–water partition coefficient (Wildman–Crippen LogP) is 1.05. The van der Waals surface area contributed by atoms with E-state index in [1.807, 2.05) is 38.1 Å². The van der Waals surface area contributed by atoms with E-state index in [0.717, 1.165) is 23.1 Å². The van der Waals surface area contributed by atoms with Gasteiger partial charge in [-0.25, -0.2) is 0 Å². The van der Waals surface area contributed by atoms with Gasteiger partial charge in [-0.05, 0) is 25.0 Å². The largest absolute Gasteiger partial charge is 1.00 e. The molecule has 0 radical (unpaired) electrons. The molecule has 0 aliphatic heterocycles. The molecule has 5 heteroatoms. The number of benzene rings is 2. The Hall–Kier alpha value is -1.86. The Morgan fingerprint density at radius 1 is 1.17 bits per heavy atom. The van der Waals surface area contributed by atoms with Crippen LogP contribution in [0.2, 0.25) is 0 Å². The zero-order valence-corrected chi connectivity index (χ0v) is 14.1. The van der Waals surface area contributed by atoms with Gasteiger partial charge in [-0.2, -0.15) is 0 Å². The standard InChI is InChI=1S/C10H13N2O.C7H5O.CH3.Li/c1-7-4-3-5-8(2)10(7)12-9(13)6-11;8-6-7-4-2-1-3-5-7;;/h3-5,11H,6H2,1-2H3,(H,12,13);1-4,6H;1H3;/q3*-1;+1. The molecular formula is C18H21LiN2O2-2. The van der Waals surface area contributed by atoms with Gasteiger partial charge in [0.25, 0.3) is 0 Å². The van der Waals surface area contributed by atoms with E-state index >= 15 is 0 Å². The van der Waals surface area contributed by atoms with Crippen LogP contribution in [-0.2, 0) is 4.79 Å². The average Bonchev–Trinajstić information content (AvgIpc) is 2.52. The van der Waals surface area contributed by atoms with Crippen LogP contribution < -0.4 is 24.2 Å². The molecular weight excluding hydrogens is 283 g/mol. The number of rotatable bonds is 3. The Bertz CT molecular complexity index is 581. The van der Waals surface area contributed by atoms with Crippen molar-refractivity contribution in [2.75, 3.05) is 11.9 Å². The number of anilines is 1. The summed E-state index contributed by atoms with van der Waals surface area (Å²) in [6, 6.07) is 15.6. The van der Waals surface area contributed by atoms with Gasteiger partial charge in [0.2, 0.25) is 5.91 Å². The van der Waals surface area contributed by atoms with E-state index in [9.17, 15) is 9.59 Å². The molecule has 4 nitrogen and oxygen atoms in total. The van der Waals surface area contributed by atoms with Gasteiger partial charge in [0.15, 0.2) is 0 Å². The van der Waals surface area contributed by atoms with Crippen molar-refractivity contribution in [1.29, 1.82) is 0 Å². The van der Waals surface area contributed by atoms with Crippen molar-refractivity contribution < 1.29 is 28.4 Å². The van der Waals surface area contributed by atoms with Crippen molar-refractivity contribution >= 4 is 17.9 Å². The number of hydrogen-bond donors (Lipinski definition) is 1. The van der Waals surface area contributed by atoms with Crippen molar-refractivity contribution in [3.63, 3.8) is 0 Å². The predicted molar refractivity (Wildman–Crippen MR) is 90.8 cm³/mol. The number of amides is 1. The van der Waals surface area contributed by atoms with Crippen molar-refractivity contribution in [1.82, 2.24) is 0 Å². The number of para-hydroxylation sites is 1. The van der Waals surface area contributed by atoms with E-state index in [-0.39, 0.29) is 38.7 Å². The smallest absolute Gasteiger partial charge is 0.670 e. The second-order valence-corrected chi connectivity index (χ2v) is 4.43. The van der Waals surface area contributed by atoms with Gasteiger partial charge in [0.05, 0.1) is 6.29 Å². The molecule has 23 heavy (non-hydrogen) atoms. The minimum absolute atomic E-state index is 0. The zero-order valence-electron chi connectivity index (χ0n) is 14.1. The molecule has 2 aromatic carbocycles. The number of aldehydes is 1. The van der Waals surface area contributed by atoms with Gasteiger partial charge < -0.3 is 23.3 Å². The van der Waals surface area contributed by atoms with Gasteiger partial charge in [-0.3, -0.25) is 4.79 Å². The molecule has 118 valence electrons. The van der Waals surface area contributed by atoms with Gasteiger partial charge in [-0.1, -0.05) is 24.7 Å². The molecule has 2 aromatic rings. The molecule has 2 rings (SSSR count). The second kappa shape index (κ2) is 12.7. The van der Waals surface area contributed by atoms with E-state index in [1.165, 1.54) is 0 Å². The number of hydrogen-bond acceptors (Lipinski definition) is 2. The van der Waals surface area contributed by atoms with Gasteiger partial charge >= 0.3 is 18.9 Å². The first-order valence-corrected chi connectivity index (χ1v) is 6.51. The summed E-state index contributed by atoms with van der Waals surface area (Å²) >= 11 is 0. The van der Waals surface area contributed by atoms with Crippen molar-refractivity contribution in [3.05, 3.63) is 78.4 Å². The number of carbonyl (C=O) groups is 2. The summed E-state index contributed by atoms with van der Waals surface area (Å²) in [5, 5.41) is 2.70. The van der Waals surface area contributed by atoms with E-state index < -0.39 is 0 Å². The molecule has 0 fully saturated rings. The normalized spacial score (nSPS) is 8.48. The van der Waals surface area contributed by atoms with Crippen LogP contribution in [0.5, 0.6) is 0 Å². The van der Waals surface area contributed by atoms with E-state index in [1.54, 1.807) is 18.2 Å². The Morgan fingerprint density at radius 2 is 1.78 bits per heavy atom. The Labute approximate surface area is 150 Å². The molecule has 0 heterocycles. The molecule has 0 unspecified atom stereocenters. The van der Waals surface area contributed by atoms with Crippen LogP contribution in [0.25, 0.3) is 5.73 Å². The molecule has 0 aromatic heterocycles. The first kappa shape index (κ1) is 23.4. The summed E-state index contributed by atoms with van der Waals surface area (Å²) in [4.78, 5) is 21.0. The summed E-state index contributed by atoms with van der Waals surface area (Å²) in [5.74, 6) is -0.266. The molecule has 0 aliphatic rings. The third-order valence-electron chi connectivity index (χ3n) is 2.77. The minimum Gasteiger partial charge on any atom is -0.670 e. The minimum atomic E-state index is -0.266. The van der Waals surface area contributed by atoms with E-state index in [4.69, 9.17) is 5.73 Å². The fourth-order valence-corrected chi connectivity index (χ4v) is 1.68. The molecule has 0 spiro atoms. The summed E-state index contributed by atoms with van der Waals surface area (Å²) in [5.41, 5.74) is 10.4. The van der Waals surface area contributed by atoms with Crippen LogP contribution in [0.4, 0.5) is 5.69 Å². The molecule has 0 saturated heterocycles. The van der Waals surface area contributed by atoms with Crippen LogP contribution in [0, 0.1) is 27.3 Å². The summed E-state index contributed by atoms with van der Waals surface area (Å²) in [7, 11) is 0. The van der Waals surface area contributed by atoms with E-state index in [2.05, 4.69) is 11.4 Å². The monoisotopic (exact) mass is 304 g/mol. The third kappa shape index (κ3) is 8.37. The molecule has 0 atom stereocenters. The fourth-order valence-electron chi connectivity index (χ4n) is 1.68. The fraction of sp³-hybridized carbons (Fsp3) is 0.167. The maximum absolute atomic E-state index is 11.0. The Morgan fingerprint density at radius 3 is 2.17 bits per heavy atom. The van der Waals surface area contributed by atoms with Crippen molar-refractivity contribution in [2.45, 2.75) is 13.8 Å². The van der Waals surface area contributed by atoms with Crippen LogP contribution in [-0.4, -0.2) is 18.7 Å². The van der Waals surface area contributed by atoms with Crippen LogP contribution in [0.1, 0.15) is 21.5 Å². The number of nitrogens with one attached hydrogen (secondary N) is 2. The van der Waals surface area contributed by atoms with Crippen molar-refractivity contribution in [3.8, 4) is 0 Å². The number of aryl methyl sites for hydroxylation is 2. The molecule has 0 bridgehead atoms. The van der Waals surface area contributed by atoms with Crippen molar-refractivity contribution in [2.24, 2.45) is 0 Å². The van der Waals surface area contributed by atoms with Gasteiger partial charge in [0.1, 0.15) is 0 Å². The Kier molecular flexibility index (Phi) is 12.9. The maximum Gasteiger partial charge on any atom is 1.00 e. The summed E-state index contributed by atoms with van der Waals surface area (Å²) in [6.07, 6.45) is 0.778. The molecule has 0 saturated carbocycles.